The first-order valence-electron chi connectivity index (χ1n) is 12.1. The number of benzene rings is 2. The van der Waals surface area contributed by atoms with E-state index in [0.717, 1.165) is 29.2 Å². The number of hydrogen-bond donors (Lipinski definition) is 1. The van der Waals surface area contributed by atoms with Gasteiger partial charge in [-0.15, -0.1) is 0 Å². The van der Waals surface area contributed by atoms with E-state index in [1.54, 1.807) is 6.07 Å². The molecule has 1 aliphatic rings. The number of hydrogen-bond acceptors (Lipinski definition) is 7. The fourth-order valence-electron chi connectivity index (χ4n) is 3.91. The quantitative estimate of drug-likeness (QED) is 0.386. The average molecular weight is 480 g/mol. The van der Waals surface area contributed by atoms with Gasteiger partial charge in [-0.3, -0.25) is 0 Å². The number of aromatic hydroxyl groups is 1. The van der Waals surface area contributed by atoms with Crippen LogP contribution in [0.3, 0.4) is 0 Å². The zero-order valence-electron chi connectivity index (χ0n) is 20.2. The van der Waals surface area contributed by atoms with Crippen molar-refractivity contribution in [3.05, 3.63) is 77.5 Å². The molecule has 1 aliphatic heterocycles. The second-order valence-corrected chi connectivity index (χ2v) is 8.29. The van der Waals surface area contributed by atoms with Gasteiger partial charge in [0.25, 0.3) is 0 Å². The summed E-state index contributed by atoms with van der Waals surface area (Å²) in [5.41, 5.74) is 2.87. The SMILES string of the molecule is CCc1c(O)cc(OCC2COCCO2)nc1CCc1ccc(OCCOc2ccccc2)cc1. The van der Waals surface area contributed by atoms with Gasteiger partial charge in [0, 0.05) is 11.6 Å². The van der Waals surface area contributed by atoms with E-state index in [1.165, 1.54) is 5.56 Å². The molecule has 2 aromatic carbocycles. The standard InChI is InChI=1S/C28H33NO6/c1-2-25-26(29-28(18-27(25)30)35-20-24-19-31-14-15-34-24)13-10-21-8-11-23(12-9-21)33-17-16-32-22-6-4-3-5-7-22/h3-9,11-12,18,24H,2,10,13-17,19-20H2,1H3,(H,29,30). The minimum atomic E-state index is -0.118. The van der Waals surface area contributed by atoms with E-state index in [1.807, 2.05) is 49.4 Å². The van der Waals surface area contributed by atoms with Crippen molar-refractivity contribution in [1.29, 1.82) is 0 Å². The molecule has 1 fully saturated rings. The molecule has 0 bridgehead atoms. The van der Waals surface area contributed by atoms with Crippen LogP contribution in [-0.2, 0) is 28.7 Å². The lowest BCUT2D eigenvalue weighted by atomic mass is 10.0. The predicted molar refractivity (Wildman–Crippen MR) is 133 cm³/mol. The van der Waals surface area contributed by atoms with E-state index in [-0.39, 0.29) is 11.9 Å². The molecule has 7 nitrogen and oxygen atoms in total. The number of aromatic nitrogens is 1. The molecule has 0 saturated carbocycles. The van der Waals surface area contributed by atoms with Crippen molar-refractivity contribution in [3.63, 3.8) is 0 Å². The number of aryl methyl sites for hydroxylation is 2. The van der Waals surface area contributed by atoms with Crippen LogP contribution >= 0.6 is 0 Å². The van der Waals surface area contributed by atoms with Crippen LogP contribution < -0.4 is 14.2 Å². The summed E-state index contributed by atoms with van der Waals surface area (Å²) in [6.45, 7) is 5.00. The Morgan fingerprint density at radius 3 is 2.34 bits per heavy atom. The minimum Gasteiger partial charge on any atom is -0.507 e. The van der Waals surface area contributed by atoms with E-state index in [0.29, 0.717) is 58.4 Å². The summed E-state index contributed by atoms with van der Waals surface area (Å²) in [6, 6.07) is 19.3. The molecule has 7 heteroatoms. The Morgan fingerprint density at radius 1 is 0.914 bits per heavy atom. The first kappa shape index (κ1) is 24.8. The molecule has 3 aromatic rings. The molecule has 0 aliphatic carbocycles. The largest absolute Gasteiger partial charge is 0.507 e. The van der Waals surface area contributed by atoms with Gasteiger partial charge in [0.2, 0.25) is 5.88 Å². The van der Waals surface area contributed by atoms with Crippen LogP contribution in [0.1, 0.15) is 23.7 Å². The molecule has 4 rings (SSSR count). The molecule has 1 atom stereocenters. The summed E-state index contributed by atoms with van der Waals surface area (Å²) in [5.74, 6) is 2.27. The van der Waals surface area contributed by atoms with Crippen molar-refractivity contribution in [3.8, 4) is 23.1 Å². The highest BCUT2D eigenvalue weighted by Gasteiger charge is 2.17. The van der Waals surface area contributed by atoms with Gasteiger partial charge in [-0.05, 0) is 49.1 Å². The minimum absolute atomic E-state index is 0.118. The van der Waals surface area contributed by atoms with Crippen molar-refractivity contribution < 1.29 is 28.8 Å². The Morgan fingerprint density at radius 2 is 1.66 bits per heavy atom. The van der Waals surface area contributed by atoms with Crippen LogP contribution in [0.4, 0.5) is 0 Å². The maximum absolute atomic E-state index is 10.5. The highest BCUT2D eigenvalue weighted by Crippen LogP contribution is 2.27. The van der Waals surface area contributed by atoms with Crippen LogP contribution in [0.15, 0.2) is 60.7 Å². The van der Waals surface area contributed by atoms with E-state index >= 15 is 0 Å². The summed E-state index contributed by atoms with van der Waals surface area (Å²) < 4.78 is 28.3. The van der Waals surface area contributed by atoms with Gasteiger partial charge < -0.3 is 28.8 Å². The second kappa shape index (κ2) is 13.0. The lowest BCUT2D eigenvalue weighted by molar-refractivity contribution is -0.102. The van der Waals surface area contributed by atoms with Crippen molar-refractivity contribution >= 4 is 0 Å². The van der Waals surface area contributed by atoms with Crippen molar-refractivity contribution in [2.45, 2.75) is 32.3 Å². The van der Waals surface area contributed by atoms with Gasteiger partial charge in [-0.2, -0.15) is 0 Å². The highest BCUT2D eigenvalue weighted by molar-refractivity contribution is 5.40. The Labute approximate surface area is 206 Å². The third-order valence-electron chi connectivity index (χ3n) is 5.76. The Kier molecular flexibility index (Phi) is 9.20. The fraction of sp³-hybridized carbons (Fsp3) is 0.393. The molecule has 0 amide bonds. The van der Waals surface area contributed by atoms with Gasteiger partial charge in [0.05, 0.1) is 25.5 Å². The molecule has 1 N–H and O–H groups in total. The molecule has 186 valence electrons. The molecular weight excluding hydrogens is 446 g/mol. The number of nitrogens with zero attached hydrogens (tertiary/aromatic N) is 1. The molecule has 1 unspecified atom stereocenters. The number of pyridine rings is 1. The Balaban J connectivity index is 1.27. The predicted octanol–water partition coefficient (Wildman–Crippen LogP) is 4.39. The van der Waals surface area contributed by atoms with E-state index < -0.39 is 0 Å². The summed E-state index contributed by atoms with van der Waals surface area (Å²) in [5, 5.41) is 10.5. The number of ether oxygens (including phenoxy) is 5. The molecule has 1 saturated heterocycles. The van der Waals surface area contributed by atoms with Crippen molar-refractivity contribution in [1.82, 2.24) is 4.98 Å². The maximum Gasteiger partial charge on any atom is 0.217 e. The fourth-order valence-corrected chi connectivity index (χ4v) is 3.91. The maximum atomic E-state index is 10.5. The summed E-state index contributed by atoms with van der Waals surface area (Å²) in [4.78, 5) is 4.68. The van der Waals surface area contributed by atoms with Crippen LogP contribution in [0, 0.1) is 0 Å². The second-order valence-electron chi connectivity index (χ2n) is 8.29. The van der Waals surface area contributed by atoms with Crippen LogP contribution in [-0.4, -0.2) is 55.8 Å². The van der Waals surface area contributed by atoms with Gasteiger partial charge in [0.15, 0.2) is 0 Å². The first-order chi connectivity index (χ1) is 17.2. The molecule has 1 aromatic heterocycles. The van der Waals surface area contributed by atoms with Crippen molar-refractivity contribution in [2.24, 2.45) is 0 Å². The highest BCUT2D eigenvalue weighted by atomic mass is 16.6. The van der Waals surface area contributed by atoms with Crippen LogP contribution in [0.25, 0.3) is 0 Å². The van der Waals surface area contributed by atoms with Gasteiger partial charge in [-0.25, -0.2) is 4.98 Å². The molecule has 0 radical (unpaired) electrons. The molecule has 0 spiro atoms. The third-order valence-corrected chi connectivity index (χ3v) is 5.76. The zero-order chi connectivity index (χ0) is 24.3. The molecular formula is C28H33NO6. The smallest absolute Gasteiger partial charge is 0.217 e. The first-order valence-corrected chi connectivity index (χ1v) is 12.1. The molecule has 35 heavy (non-hydrogen) atoms. The van der Waals surface area contributed by atoms with Crippen molar-refractivity contribution in [2.75, 3.05) is 39.6 Å². The summed E-state index contributed by atoms with van der Waals surface area (Å²) in [6.07, 6.45) is 2.07. The Hall–Kier alpha value is -3.29. The van der Waals surface area contributed by atoms with E-state index in [9.17, 15) is 5.11 Å². The molecule has 2 heterocycles. The van der Waals surface area contributed by atoms with Crippen LogP contribution in [0.2, 0.25) is 0 Å². The van der Waals surface area contributed by atoms with Gasteiger partial charge in [-0.1, -0.05) is 37.3 Å². The topological polar surface area (TPSA) is 79.3 Å². The van der Waals surface area contributed by atoms with E-state index in [2.05, 4.69) is 17.1 Å². The van der Waals surface area contributed by atoms with E-state index in [4.69, 9.17) is 23.7 Å². The average Bonchev–Trinajstić information content (AvgIpc) is 2.90. The van der Waals surface area contributed by atoms with Crippen LogP contribution in [0.5, 0.6) is 23.1 Å². The van der Waals surface area contributed by atoms with Gasteiger partial charge in [0.1, 0.15) is 43.2 Å². The summed E-state index contributed by atoms with van der Waals surface area (Å²) in [7, 11) is 0. The Bertz CT molecular complexity index is 1040. The normalized spacial score (nSPS) is 15.5. The number of para-hydroxylation sites is 1. The number of rotatable bonds is 12. The van der Waals surface area contributed by atoms with Gasteiger partial charge >= 0.3 is 0 Å². The summed E-state index contributed by atoms with van der Waals surface area (Å²) >= 11 is 0. The lowest BCUT2D eigenvalue weighted by Gasteiger charge is -2.23. The zero-order valence-corrected chi connectivity index (χ0v) is 20.2. The monoisotopic (exact) mass is 479 g/mol. The lowest BCUT2D eigenvalue weighted by Crippen LogP contribution is -2.33. The third kappa shape index (κ3) is 7.60.